The Kier molecular flexibility index (Phi) is 4.39. The summed E-state index contributed by atoms with van der Waals surface area (Å²) in [7, 11) is 0. The van der Waals surface area contributed by atoms with Gasteiger partial charge in [-0.1, -0.05) is 78.3 Å². The fraction of sp³-hybridized carbons (Fsp3) is 0.0357. The molecule has 0 aliphatic carbocycles. The van der Waals surface area contributed by atoms with Gasteiger partial charge in [0.15, 0.2) is 0 Å². The molecule has 4 nitrogen and oxygen atoms in total. The third kappa shape index (κ3) is 2.98. The summed E-state index contributed by atoms with van der Waals surface area (Å²) in [6.45, 7) is 0. The van der Waals surface area contributed by atoms with Gasteiger partial charge in [-0.2, -0.15) is 5.26 Å². The first kappa shape index (κ1) is 19.5. The zero-order valence-electron chi connectivity index (χ0n) is 17.5. The average Bonchev–Trinajstić information content (AvgIpc) is 3.22. The first-order chi connectivity index (χ1) is 16.2. The summed E-state index contributed by atoms with van der Waals surface area (Å²) in [5.74, 6) is 0.400. The Hall–Kier alpha value is -4.20. The summed E-state index contributed by atoms with van der Waals surface area (Å²) in [5.41, 5.74) is 11.5. The molecule has 0 fully saturated rings. The minimum atomic E-state index is -0.411. The zero-order valence-corrected chi connectivity index (χ0v) is 18.2. The molecule has 0 bridgehead atoms. The molecular formula is C28H18ClN3O. The van der Waals surface area contributed by atoms with Crippen molar-refractivity contribution in [3.8, 4) is 23.1 Å². The molecule has 0 spiro atoms. The number of fused-ring (bicyclic) bond motifs is 4. The van der Waals surface area contributed by atoms with E-state index in [1.54, 1.807) is 0 Å². The maximum atomic E-state index is 10.2. The van der Waals surface area contributed by atoms with Gasteiger partial charge in [-0.05, 0) is 34.7 Å². The number of nitriles is 1. The second kappa shape index (κ2) is 7.44. The van der Waals surface area contributed by atoms with Crippen LogP contribution in [0.2, 0.25) is 5.02 Å². The van der Waals surface area contributed by atoms with E-state index in [4.69, 9.17) is 22.1 Å². The maximum absolute atomic E-state index is 10.2. The number of aromatic nitrogens is 1. The molecule has 3 N–H and O–H groups in total. The molecule has 0 amide bonds. The highest BCUT2D eigenvalue weighted by atomic mass is 35.5. The highest BCUT2D eigenvalue weighted by molar-refractivity contribution is 6.31. The standard InChI is InChI=1S/C28H18ClN3O/c29-18-11-13-23-21(14-18)25(26(32-23)17-7-2-1-3-8-17)24-20-12-10-16-6-4-5-9-19(16)27(20)33-28(31)22(24)15-30/h1-14,24,32H,31H2. The summed E-state index contributed by atoms with van der Waals surface area (Å²) >= 11 is 6.42. The van der Waals surface area contributed by atoms with Gasteiger partial charge >= 0.3 is 0 Å². The van der Waals surface area contributed by atoms with Crippen LogP contribution in [0, 0.1) is 11.3 Å². The van der Waals surface area contributed by atoms with Crippen LogP contribution in [-0.4, -0.2) is 4.98 Å². The van der Waals surface area contributed by atoms with Crippen LogP contribution in [0.25, 0.3) is 32.9 Å². The summed E-state index contributed by atoms with van der Waals surface area (Å²) in [6.07, 6.45) is 0. The second-order valence-corrected chi connectivity index (χ2v) is 8.54. The monoisotopic (exact) mass is 447 g/mol. The molecule has 6 rings (SSSR count). The Morgan fingerprint density at radius 2 is 1.70 bits per heavy atom. The van der Waals surface area contributed by atoms with E-state index in [9.17, 15) is 5.26 Å². The maximum Gasteiger partial charge on any atom is 0.205 e. The number of H-pyrrole nitrogens is 1. The average molecular weight is 448 g/mol. The molecule has 5 heteroatoms. The van der Waals surface area contributed by atoms with E-state index < -0.39 is 5.92 Å². The van der Waals surface area contributed by atoms with Gasteiger partial charge in [-0.3, -0.25) is 0 Å². The Morgan fingerprint density at radius 1 is 0.909 bits per heavy atom. The zero-order chi connectivity index (χ0) is 22.5. The molecule has 0 saturated carbocycles. The molecule has 33 heavy (non-hydrogen) atoms. The first-order valence-electron chi connectivity index (χ1n) is 10.6. The van der Waals surface area contributed by atoms with Crippen molar-refractivity contribution in [1.29, 1.82) is 5.26 Å². The van der Waals surface area contributed by atoms with Crippen molar-refractivity contribution in [3.05, 3.63) is 113 Å². The normalized spacial score (nSPS) is 15.3. The molecule has 2 heterocycles. The van der Waals surface area contributed by atoms with Gasteiger partial charge in [0.2, 0.25) is 5.88 Å². The number of nitrogens with one attached hydrogen (secondary N) is 1. The molecule has 4 aromatic carbocycles. The first-order valence-corrected chi connectivity index (χ1v) is 11.0. The van der Waals surface area contributed by atoms with E-state index in [0.29, 0.717) is 16.3 Å². The number of halogens is 1. The molecule has 1 atom stereocenters. The van der Waals surface area contributed by atoms with Crippen LogP contribution in [0.4, 0.5) is 0 Å². The number of hydrogen-bond acceptors (Lipinski definition) is 3. The van der Waals surface area contributed by atoms with Crippen molar-refractivity contribution in [2.75, 3.05) is 0 Å². The van der Waals surface area contributed by atoms with Gasteiger partial charge < -0.3 is 15.5 Å². The van der Waals surface area contributed by atoms with Crippen molar-refractivity contribution >= 4 is 33.3 Å². The highest BCUT2D eigenvalue weighted by Gasteiger charge is 2.35. The minimum Gasteiger partial charge on any atom is -0.440 e. The number of nitrogens with zero attached hydrogens (tertiary/aromatic N) is 1. The van der Waals surface area contributed by atoms with E-state index in [0.717, 1.165) is 44.1 Å². The molecule has 0 saturated heterocycles. The van der Waals surface area contributed by atoms with Crippen LogP contribution in [0.3, 0.4) is 0 Å². The number of hydrogen-bond donors (Lipinski definition) is 2. The summed E-state index contributed by atoms with van der Waals surface area (Å²) in [4.78, 5) is 3.56. The van der Waals surface area contributed by atoms with Crippen LogP contribution in [0.1, 0.15) is 17.0 Å². The van der Waals surface area contributed by atoms with Gasteiger partial charge in [0.1, 0.15) is 17.4 Å². The number of aromatic amines is 1. The van der Waals surface area contributed by atoms with Crippen molar-refractivity contribution in [2.24, 2.45) is 5.73 Å². The lowest BCUT2D eigenvalue weighted by Gasteiger charge is -2.28. The Bertz CT molecular complexity index is 1630. The van der Waals surface area contributed by atoms with E-state index >= 15 is 0 Å². The van der Waals surface area contributed by atoms with Gasteiger partial charge in [-0.15, -0.1) is 0 Å². The summed E-state index contributed by atoms with van der Waals surface area (Å²) in [5, 5.41) is 13.7. The fourth-order valence-electron chi connectivity index (χ4n) is 4.80. The van der Waals surface area contributed by atoms with Crippen molar-refractivity contribution in [1.82, 2.24) is 4.98 Å². The number of allylic oxidation sites excluding steroid dienone is 1. The van der Waals surface area contributed by atoms with Gasteiger partial charge in [0.05, 0.1) is 11.6 Å². The largest absolute Gasteiger partial charge is 0.440 e. The SMILES string of the molecule is N#CC1=C(N)Oc2c(ccc3ccccc23)C1c1c(-c2ccccc2)[nH]c2ccc(Cl)cc12. The van der Waals surface area contributed by atoms with Crippen LogP contribution < -0.4 is 10.5 Å². The van der Waals surface area contributed by atoms with Gasteiger partial charge in [-0.25, -0.2) is 0 Å². The number of benzene rings is 4. The lowest BCUT2D eigenvalue weighted by molar-refractivity contribution is 0.399. The van der Waals surface area contributed by atoms with Crippen LogP contribution in [-0.2, 0) is 0 Å². The summed E-state index contributed by atoms with van der Waals surface area (Å²) < 4.78 is 6.06. The minimum absolute atomic E-state index is 0.127. The Labute approximate surface area is 195 Å². The highest BCUT2D eigenvalue weighted by Crippen LogP contribution is 2.49. The molecule has 158 valence electrons. The molecular weight excluding hydrogens is 430 g/mol. The molecule has 1 aliphatic rings. The lowest BCUT2D eigenvalue weighted by Crippen LogP contribution is -2.21. The van der Waals surface area contributed by atoms with Crippen LogP contribution in [0.15, 0.2) is 96.4 Å². The van der Waals surface area contributed by atoms with Crippen LogP contribution in [0.5, 0.6) is 5.75 Å². The second-order valence-electron chi connectivity index (χ2n) is 8.10. The summed E-state index contributed by atoms with van der Waals surface area (Å²) in [6, 6.07) is 30.3. The third-order valence-corrected chi connectivity index (χ3v) is 6.49. The Balaban J connectivity index is 1.73. The fourth-order valence-corrected chi connectivity index (χ4v) is 4.97. The predicted octanol–water partition coefficient (Wildman–Crippen LogP) is 6.86. The predicted molar refractivity (Wildman–Crippen MR) is 132 cm³/mol. The third-order valence-electron chi connectivity index (χ3n) is 6.26. The van der Waals surface area contributed by atoms with Crippen molar-refractivity contribution in [2.45, 2.75) is 5.92 Å². The molecule has 1 unspecified atom stereocenters. The number of ether oxygens (including phenoxy) is 1. The quantitative estimate of drug-likeness (QED) is 0.310. The van der Waals surface area contributed by atoms with E-state index in [2.05, 4.69) is 29.3 Å². The Morgan fingerprint density at radius 3 is 2.52 bits per heavy atom. The number of nitrogens with two attached hydrogens (primary N) is 1. The van der Waals surface area contributed by atoms with Crippen LogP contribution >= 0.6 is 11.6 Å². The molecule has 1 aromatic heterocycles. The van der Waals surface area contributed by atoms with Crippen molar-refractivity contribution in [3.63, 3.8) is 0 Å². The lowest BCUT2D eigenvalue weighted by atomic mass is 9.80. The van der Waals surface area contributed by atoms with Gasteiger partial charge in [0.25, 0.3) is 0 Å². The number of rotatable bonds is 2. The topological polar surface area (TPSA) is 74.8 Å². The molecule has 0 radical (unpaired) electrons. The molecule has 5 aromatic rings. The van der Waals surface area contributed by atoms with E-state index in [1.165, 1.54) is 0 Å². The van der Waals surface area contributed by atoms with E-state index in [-0.39, 0.29) is 5.88 Å². The van der Waals surface area contributed by atoms with Gasteiger partial charge in [0, 0.05) is 26.9 Å². The smallest absolute Gasteiger partial charge is 0.205 e. The van der Waals surface area contributed by atoms with E-state index in [1.807, 2.05) is 66.7 Å². The van der Waals surface area contributed by atoms with Crippen molar-refractivity contribution < 1.29 is 4.74 Å². The molecule has 1 aliphatic heterocycles.